The molecule has 0 saturated heterocycles. The van der Waals surface area contributed by atoms with E-state index in [9.17, 15) is 4.79 Å². The quantitative estimate of drug-likeness (QED) is 0.706. The summed E-state index contributed by atoms with van der Waals surface area (Å²) < 4.78 is 5.14. The fraction of sp³-hybridized carbons (Fsp3) is 0.158. The Morgan fingerprint density at radius 3 is 2.71 bits per heavy atom. The second-order valence-corrected chi connectivity index (χ2v) is 6.18. The van der Waals surface area contributed by atoms with Gasteiger partial charge < -0.3 is 4.74 Å². The maximum Gasteiger partial charge on any atom is 0.259 e. The van der Waals surface area contributed by atoms with Gasteiger partial charge >= 0.3 is 0 Å². The van der Waals surface area contributed by atoms with Crippen LogP contribution in [-0.2, 0) is 6.42 Å². The minimum atomic E-state index is -0.0442. The van der Waals surface area contributed by atoms with Crippen LogP contribution < -0.4 is 9.64 Å². The Morgan fingerprint density at radius 1 is 1.17 bits per heavy atom. The molecule has 0 saturated carbocycles. The molecule has 0 unspecified atom stereocenters. The van der Waals surface area contributed by atoms with Crippen LogP contribution in [0, 0.1) is 0 Å². The molecule has 4 rings (SSSR count). The third-order valence-corrected chi connectivity index (χ3v) is 4.51. The highest BCUT2D eigenvalue weighted by molar-refractivity contribution is 6.31. The van der Waals surface area contributed by atoms with Gasteiger partial charge in [0.15, 0.2) is 0 Å². The summed E-state index contributed by atoms with van der Waals surface area (Å²) in [5, 5.41) is 1.69. The third kappa shape index (κ3) is 2.49. The van der Waals surface area contributed by atoms with E-state index in [4.69, 9.17) is 16.3 Å². The molecule has 4 nitrogen and oxygen atoms in total. The van der Waals surface area contributed by atoms with Gasteiger partial charge in [-0.3, -0.25) is 9.69 Å². The summed E-state index contributed by atoms with van der Waals surface area (Å²) >= 11 is 6.05. The van der Waals surface area contributed by atoms with E-state index in [2.05, 4.69) is 11.1 Å². The highest BCUT2D eigenvalue weighted by Crippen LogP contribution is 2.31. The molecule has 1 aromatic heterocycles. The number of carbonyl (C=O) groups excluding carboxylic acids is 1. The summed E-state index contributed by atoms with van der Waals surface area (Å²) in [4.78, 5) is 19.2. The minimum absolute atomic E-state index is 0.0442. The number of halogens is 1. The lowest BCUT2D eigenvalue weighted by atomic mass is 10.1. The molecule has 0 spiro atoms. The molecule has 0 N–H and O–H groups in total. The van der Waals surface area contributed by atoms with Crippen LogP contribution in [0.25, 0.3) is 10.9 Å². The van der Waals surface area contributed by atoms with Crippen molar-refractivity contribution >= 4 is 34.2 Å². The fourth-order valence-electron chi connectivity index (χ4n) is 3.02. The molecule has 0 radical (unpaired) electrons. The summed E-state index contributed by atoms with van der Waals surface area (Å²) in [7, 11) is 1.61. The third-order valence-electron chi connectivity index (χ3n) is 4.28. The van der Waals surface area contributed by atoms with Gasteiger partial charge in [-0.2, -0.15) is 0 Å². The average Bonchev–Trinajstić information content (AvgIpc) is 3.02. The molecule has 5 heteroatoms. The lowest BCUT2D eigenvalue weighted by molar-refractivity contribution is 0.0988. The topological polar surface area (TPSA) is 42.4 Å². The smallest absolute Gasteiger partial charge is 0.259 e. The predicted molar refractivity (Wildman–Crippen MR) is 95.1 cm³/mol. The maximum absolute atomic E-state index is 12.8. The van der Waals surface area contributed by atoms with Gasteiger partial charge in [0, 0.05) is 22.5 Å². The number of fused-ring (bicyclic) bond motifs is 2. The van der Waals surface area contributed by atoms with E-state index in [1.165, 1.54) is 0 Å². The molecular weight excluding hydrogens is 324 g/mol. The largest absolute Gasteiger partial charge is 0.497 e. The Labute approximate surface area is 144 Å². The van der Waals surface area contributed by atoms with Crippen molar-refractivity contribution < 1.29 is 9.53 Å². The molecule has 0 fully saturated rings. The average molecular weight is 339 g/mol. The van der Waals surface area contributed by atoms with Crippen molar-refractivity contribution in [2.24, 2.45) is 0 Å². The summed E-state index contributed by atoms with van der Waals surface area (Å²) in [6.45, 7) is 0.636. The first-order chi connectivity index (χ1) is 11.7. The van der Waals surface area contributed by atoms with Crippen LogP contribution in [0.5, 0.6) is 5.75 Å². The van der Waals surface area contributed by atoms with Crippen LogP contribution in [0.1, 0.15) is 15.9 Å². The molecule has 0 atom stereocenters. The van der Waals surface area contributed by atoms with Crippen molar-refractivity contribution in [3.63, 3.8) is 0 Å². The second-order valence-electron chi connectivity index (χ2n) is 5.74. The maximum atomic E-state index is 12.8. The van der Waals surface area contributed by atoms with Gasteiger partial charge in [-0.1, -0.05) is 11.6 Å². The van der Waals surface area contributed by atoms with E-state index in [0.29, 0.717) is 17.1 Å². The molecule has 120 valence electrons. The predicted octanol–water partition coefficient (Wildman–Crippen LogP) is 4.10. The van der Waals surface area contributed by atoms with Gasteiger partial charge in [0.05, 0.1) is 12.6 Å². The molecule has 0 aliphatic carbocycles. The van der Waals surface area contributed by atoms with Gasteiger partial charge in [-0.25, -0.2) is 4.98 Å². The van der Waals surface area contributed by atoms with Crippen LogP contribution in [0.3, 0.4) is 0 Å². The van der Waals surface area contributed by atoms with Crippen molar-refractivity contribution in [1.82, 2.24) is 4.98 Å². The number of anilines is 1. The first-order valence-electron chi connectivity index (χ1n) is 7.71. The molecule has 3 aromatic rings. The number of pyridine rings is 1. The molecule has 1 amide bonds. The van der Waals surface area contributed by atoms with E-state index < -0.39 is 0 Å². The zero-order valence-corrected chi connectivity index (χ0v) is 13.9. The van der Waals surface area contributed by atoms with Crippen LogP contribution in [0.4, 0.5) is 5.82 Å². The molecule has 2 heterocycles. The van der Waals surface area contributed by atoms with Crippen LogP contribution in [-0.4, -0.2) is 24.5 Å². The standard InChI is InChI=1S/C19H15ClN2O2/c1-24-16-5-2-12(3-6-16)19(23)22-9-8-13-10-14-11-15(20)4-7-17(14)21-18(13)22/h2-7,10-11H,8-9H2,1H3. The van der Waals surface area contributed by atoms with E-state index >= 15 is 0 Å². The second kappa shape index (κ2) is 5.80. The van der Waals surface area contributed by atoms with Crippen molar-refractivity contribution in [3.05, 3.63) is 64.7 Å². The van der Waals surface area contributed by atoms with E-state index in [1.807, 2.05) is 18.2 Å². The number of nitrogens with zero attached hydrogens (tertiary/aromatic N) is 2. The van der Waals surface area contributed by atoms with Crippen molar-refractivity contribution in [2.45, 2.75) is 6.42 Å². The fourth-order valence-corrected chi connectivity index (χ4v) is 3.20. The minimum Gasteiger partial charge on any atom is -0.497 e. The normalized spacial score (nSPS) is 13.2. The Bertz CT molecular complexity index is 938. The highest BCUT2D eigenvalue weighted by Gasteiger charge is 2.27. The Morgan fingerprint density at radius 2 is 1.96 bits per heavy atom. The molecule has 2 aromatic carbocycles. The Balaban J connectivity index is 1.72. The molecule has 1 aliphatic rings. The van der Waals surface area contributed by atoms with Crippen LogP contribution in [0.15, 0.2) is 48.5 Å². The Hall–Kier alpha value is -2.59. The van der Waals surface area contributed by atoms with E-state index in [-0.39, 0.29) is 5.91 Å². The number of amides is 1. The number of benzene rings is 2. The van der Waals surface area contributed by atoms with E-state index in [0.717, 1.165) is 34.5 Å². The van der Waals surface area contributed by atoms with Crippen LogP contribution in [0.2, 0.25) is 5.02 Å². The highest BCUT2D eigenvalue weighted by atomic mass is 35.5. The first kappa shape index (κ1) is 15.0. The van der Waals surface area contributed by atoms with Gasteiger partial charge in [0.2, 0.25) is 0 Å². The van der Waals surface area contributed by atoms with Gasteiger partial charge in [-0.05, 0) is 60.5 Å². The van der Waals surface area contributed by atoms with Crippen molar-refractivity contribution in [1.29, 1.82) is 0 Å². The molecular formula is C19H15ClN2O2. The number of hydrogen-bond acceptors (Lipinski definition) is 3. The van der Waals surface area contributed by atoms with Gasteiger partial charge in [0.25, 0.3) is 5.91 Å². The van der Waals surface area contributed by atoms with Crippen LogP contribution >= 0.6 is 11.6 Å². The molecule has 0 bridgehead atoms. The molecule has 24 heavy (non-hydrogen) atoms. The number of methoxy groups -OCH3 is 1. The number of hydrogen-bond donors (Lipinski definition) is 0. The lowest BCUT2D eigenvalue weighted by Crippen LogP contribution is -2.29. The SMILES string of the molecule is COc1ccc(C(=O)N2CCc3cc4cc(Cl)ccc4nc32)cc1. The summed E-state index contributed by atoms with van der Waals surface area (Å²) in [6.07, 6.45) is 0.798. The monoisotopic (exact) mass is 338 g/mol. The summed E-state index contributed by atoms with van der Waals surface area (Å²) in [6, 6.07) is 14.8. The Kier molecular flexibility index (Phi) is 3.62. The van der Waals surface area contributed by atoms with Crippen molar-refractivity contribution in [2.75, 3.05) is 18.6 Å². The van der Waals surface area contributed by atoms with E-state index in [1.54, 1.807) is 36.3 Å². The summed E-state index contributed by atoms with van der Waals surface area (Å²) in [5.41, 5.74) is 2.54. The van der Waals surface area contributed by atoms with Crippen molar-refractivity contribution in [3.8, 4) is 5.75 Å². The number of carbonyl (C=O) groups is 1. The van der Waals surface area contributed by atoms with Gasteiger partial charge in [-0.15, -0.1) is 0 Å². The lowest BCUT2D eigenvalue weighted by Gasteiger charge is -2.17. The zero-order valence-electron chi connectivity index (χ0n) is 13.1. The van der Waals surface area contributed by atoms with Gasteiger partial charge in [0.1, 0.15) is 11.6 Å². The number of ether oxygens (including phenoxy) is 1. The molecule has 1 aliphatic heterocycles. The zero-order chi connectivity index (χ0) is 16.7. The number of aromatic nitrogens is 1. The first-order valence-corrected chi connectivity index (χ1v) is 8.08. The number of rotatable bonds is 2. The summed E-state index contributed by atoms with van der Waals surface area (Å²) in [5.74, 6) is 1.43.